The number of methoxy groups -OCH3 is 1. The molecule has 0 radical (unpaired) electrons. The first-order valence-corrected chi connectivity index (χ1v) is 7.66. The average molecular weight is 301 g/mol. The molecule has 2 aromatic rings. The summed E-state index contributed by atoms with van der Waals surface area (Å²) in [5, 5.41) is 0. The van der Waals surface area contributed by atoms with Crippen LogP contribution in [-0.2, 0) is 10.5 Å². The largest absolute Gasteiger partial charge is 0.465 e. The van der Waals surface area contributed by atoms with Crippen molar-refractivity contribution in [1.29, 1.82) is 0 Å². The van der Waals surface area contributed by atoms with Crippen molar-refractivity contribution in [3.63, 3.8) is 0 Å². The maximum absolute atomic E-state index is 11.6. The lowest BCUT2D eigenvalue weighted by Crippen LogP contribution is -2.06. The second kappa shape index (κ2) is 6.68. The molecule has 0 saturated heterocycles. The number of anilines is 1. The number of hydrogen-bond acceptors (Lipinski definition) is 4. The predicted molar refractivity (Wildman–Crippen MR) is 87.7 cm³/mol. The second-order valence-electron chi connectivity index (χ2n) is 4.99. The highest BCUT2D eigenvalue weighted by molar-refractivity contribution is 7.98. The lowest BCUT2D eigenvalue weighted by molar-refractivity contribution is 0.0601. The fourth-order valence-corrected chi connectivity index (χ4v) is 3.20. The number of rotatable bonds is 4. The minimum absolute atomic E-state index is 0.402. The number of nitrogen functional groups attached to an aromatic ring is 1. The van der Waals surface area contributed by atoms with Gasteiger partial charge in [-0.1, -0.05) is 35.4 Å². The van der Waals surface area contributed by atoms with E-state index in [-0.39, 0.29) is 0 Å². The molecule has 0 aliphatic carbocycles. The smallest absolute Gasteiger partial charge is 0.339 e. The first-order valence-electron chi connectivity index (χ1n) is 6.68. The number of ether oxygens (including phenoxy) is 1. The number of esters is 1. The fourth-order valence-electron chi connectivity index (χ4n) is 2.27. The molecule has 0 spiro atoms. The third-order valence-electron chi connectivity index (χ3n) is 3.15. The molecule has 0 atom stereocenters. The molecule has 2 rings (SSSR count). The van der Waals surface area contributed by atoms with E-state index in [0.29, 0.717) is 11.3 Å². The number of aryl methyl sites for hydroxylation is 2. The van der Waals surface area contributed by atoms with Gasteiger partial charge in [0.2, 0.25) is 0 Å². The fraction of sp³-hybridized carbons (Fsp3) is 0.235. The summed E-state index contributed by atoms with van der Waals surface area (Å²) in [6.07, 6.45) is 0. The normalized spacial score (nSPS) is 10.4. The molecule has 21 heavy (non-hydrogen) atoms. The van der Waals surface area contributed by atoms with Crippen LogP contribution in [0.25, 0.3) is 0 Å². The topological polar surface area (TPSA) is 52.3 Å². The van der Waals surface area contributed by atoms with Gasteiger partial charge in [0.25, 0.3) is 0 Å². The van der Waals surface area contributed by atoms with Gasteiger partial charge < -0.3 is 10.5 Å². The van der Waals surface area contributed by atoms with Crippen molar-refractivity contribution in [1.82, 2.24) is 0 Å². The van der Waals surface area contributed by atoms with E-state index in [4.69, 9.17) is 10.5 Å². The SMILES string of the molecule is COC(=O)c1cccc(SCc2cc(C)cc(C)c2)c1N. The quantitative estimate of drug-likeness (QED) is 0.527. The van der Waals surface area contributed by atoms with Gasteiger partial charge in [-0.2, -0.15) is 0 Å². The third-order valence-corrected chi connectivity index (χ3v) is 4.29. The van der Waals surface area contributed by atoms with Crippen LogP contribution < -0.4 is 5.73 Å². The summed E-state index contributed by atoms with van der Waals surface area (Å²) in [6.45, 7) is 4.18. The summed E-state index contributed by atoms with van der Waals surface area (Å²) in [5.41, 5.74) is 10.7. The standard InChI is InChI=1S/C17H19NO2S/c1-11-7-12(2)9-13(8-11)10-21-15-6-4-5-14(16(15)18)17(19)20-3/h4-9H,10,18H2,1-3H3. The van der Waals surface area contributed by atoms with E-state index in [1.54, 1.807) is 17.8 Å². The summed E-state index contributed by atoms with van der Waals surface area (Å²) >= 11 is 1.63. The molecule has 2 N–H and O–H groups in total. The Morgan fingerprint density at radius 1 is 1.19 bits per heavy atom. The van der Waals surface area contributed by atoms with Gasteiger partial charge in [-0.05, 0) is 31.5 Å². The summed E-state index contributed by atoms with van der Waals surface area (Å²) in [6, 6.07) is 11.9. The van der Waals surface area contributed by atoms with Crippen molar-refractivity contribution in [2.75, 3.05) is 12.8 Å². The van der Waals surface area contributed by atoms with Crippen LogP contribution in [-0.4, -0.2) is 13.1 Å². The molecule has 0 aliphatic rings. The van der Waals surface area contributed by atoms with Crippen molar-refractivity contribution in [3.05, 3.63) is 58.7 Å². The molecule has 0 saturated carbocycles. The molecule has 0 aliphatic heterocycles. The molecule has 0 unspecified atom stereocenters. The summed E-state index contributed by atoms with van der Waals surface area (Å²) in [4.78, 5) is 12.5. The van der Waals surface area contributed by atoms with Crippen LogP contribution in [0.2, 0.25) is 0 Å². The second-order valence-corrected chi connectivity index (χ2v) is 6.01. The molecule has 0 fully saturated rings. The van der Waals surface area contributed by atoms with Gasteiger partial charge >= 0.3 is 5.97 Å². The summed E-state index contributed by atoms with van der Waals surface area (Å²) in [5.74, 6) is 0.415. The lowest BCUT2D eigenvalue weighted by atomic mass is 10.1. The van der Waals surface area contributed by atoms with Crippen molar-refractivity contribution >= 4 is 23.4 Å². The van der Waals surface area contributed by atoms with Gasteiger partial charge in [-0.25, -0.2) is 4.79 Å². The predicted octanol–water partition coefficient (Wildman–Crippen LogP) is 3.96. The van der Waals surface area contributed by atoms with E-state index in [1.165, 1.54) is 23.8 Å². The number of hydrogen-bond donors (Lipinski definition) is 1. The molecule has 0 heterocycles. The summed E-state index contributed by atoms with van der Waals surface area (Å²) in [7, 11) is 1.36. The highest BCUT2D eigenvalue weighted by Crippen LogP contribution is 2.31. The van der Waals surface area contributed by atoms with Crippen molar-refractivity contribution < 1.29 is 9.53 Å². The molecule has 0 amide bonds. The minimum Gasteiger partial charge on any atom is -0.465 e. The van der Waals surface area contributed by atoms with Crippen LogP contribution in [0.5, 0.6) is 0 Å². The third kappa shape index (κ3) is 3.79. The molecule has 2 aromatic carbocycles. The Morgan fingerprint density at radius 2 is 1.86 bits per heavy atom. The van der Waals surface area contributed by atoms with Crippen LogP contribution in [0, 0.1) is 13.8 Å². The first kappa shape index (κ1) is 15.4. The van der Waals surface area contributed by atoms with Crippen LogP contribution in [0.1, 0.15) is 27.0 Å². The number of para-hydroxylation sites is 1. The average Bonchev–Trinajstić information content (AvgIpc) is 2.44. The van der Waals surface area contributed by atoms with E-state index in [9.17, 15) is 4.79 Å². The van der Waals surface area contributed by atoms with Crippen LogP contribution in [0.15, 0.2) is 41.3 Å². The Morgan fingerprint density at radius 3 is 2.48 bits per heavy atom. The molecule has 4 heteroatoms. The zero-order chi connectivity index (χ0) is 15.4. The number of benzene rings is 2. The van der Waals surface area contributed by atoms with Gasteiger partial charge in [-0.15, -0.1) is 11.8 Å². The van der Waals surface area contributed by atoms with Gasteiger partial charge in [0.05, 0.1) is 18.4 Å². The Kier molecular flexibility index (Phi) is 4.91. The Labute approximate surface area is 129 Å². The molecule has 0 bridgehead atoms. The number of thioether (sulfide) groups is 1. The zero-order valence-electron chi connectivity index (χ0n) is 12.5. The molecule has 0 aromatic heterocycles. The maximum Gasteiger partial charge on any atom is 0.339 e. The van der Waals surface area contributed by atoms with Crippen molar-refractivity contribution in [2.45, 2.75) is 24.5 Å². The van der Waals surface area contributed by atoms with Crippen molar-refractivity contribution in [2.24, 2.45) is 0 Å². The van der Waals surface area contributed by atoms with Crippen LogP contribution in [0.3, 0.4) is 0 Å². The molecule has 110 valence electrons. The van der Waals surface area contributed by atoms with Gasteiger partial charge in [0.1, 0.15) is 0 Å². The van der Waals surface area contributed by atoms with Crippen LogP contribution >= 0.6 is 11.8 Å². The van der Waals surface area contributed by atoms with E-state index < -0.39 is 5.97 Å². The molecular formula is C17H19NO2S. The van der Waals surface area contributed by atoms with Gasteiger partial charge in [0, 0.05) is 10.6 Å². The number of nitrogens with two attached hydrogens (primary N) is 1. The lowest BCUT2D eigenvalue weighted by Gasteiger charge is -2.10. The maximum atomic E-state index is 11.6. The van der Waals surface area contributed by atoms with E-state index in [0.717, 1.165) is 10.6 Å². The monoisotopic (exact) mass is 301 g/mol. The minimum atomic E-state index is -0.402. The molecule has 3 nitrogen and oxygen atoms in total. The van der Waals surface area contributed by atoms with Crippen molar-refractivity contribution in [3.8, 4) is 0 Å². The van der Waals surface area contributed by atoms with E-state index >= 15 is 0 Å². The van der Waals surface area contributed by atoms with E-state index in [1.807, 2.05) is 12.1 Å². The highest BCUT2D eigenvalue weighted by atomic mass is 32.2. The zero-order valence-corrected chi connectivity index (χ0v) is 13.3. The highest BCUT2D eigenvalue weighted by Gasteiger charge is 2.13. The Hall–Kier alpha value is -1.94. The van der Waals surface area contributed by atoms with Gasteiger partial charge in [-0.3, -0.25) is 0 Å². The number of carbonyl (C=O) groups excluding carboxylic acids is 1. The first-order chi connectivity index (χ1) is 10.0. The Bertz CT molecular complexity index is 648. The summed E-state index contributed by atoms with van der Waals surface area (Å²) < 4.78 is 4.74. The molecular weight excluding hydrogens is 282 g/mol. The van der Waals surface area contributed by atoms with E-state index in [2.05, 4.69) is 32.0 Å². The Balaban J connectivity index is 2.18. The number of carbonyl (C=O) groups is 1. The van der Waals surface area contributed by atoms with Gasteiger partial charge in [0.15, 0.2) is 0 Å². The van der Waals surface area contributed by atoms with Crippen LogP contribution in [0.4, 0.5) is 5.69 Å².